The number of rotatable bonds is 38. The van der Waals surface area contributed by atoms with Crippen molar-refractivity contribution in [2.24, 2.45) is 0 Å². The molecule has 2 aromatic carbocycles. The maximum atomic E-state index is 8.60. The zero-order valence-corrected chi connectivity index (χ0v) is 41.0. The van der Waals surface area contributed by atoms with Crippen LogP contribution in [0.5, 0.6) is 0 Å². The maximum Gasteiger partial charge on any atom is 0.0777 e. The Bertz CT molecular complexity index is 1330. The first-order chi connectivity index (χ1) is 30.8. The average Bonchev–Trinajstić information content (AvgIpc) is 3.28. The summed E-state index contributed by atoms with van der Waals surface area (Å²) in [5, 5.41) is 0. The molecule has 0 radical (unpaired) electrons. The largest absolute Gasteiger partial charge is 0.345 e. The van der Waals surface area contributed by atoms with E-state index in [2.05, 4.69) is 121 Å². The summed E-state index contributed by atoms with van der Waals surface area (Å²) in [4.78, 5) is 5.05. The molecule has 6 nitrogen and oxygen atoms in total. The highest BCUT2D eigenvalue weighted by molar-refractivity contribution is 5.55. The van der Waals surface area contributed by atoms with Crippen molar-refractivity contribution in [2.45, 2.75) is 219 Å². The Kier molecular flexibility index (Phi) is 35.3. The molecular formula is C56H91ClN2O4. The molecule has 1 aliphatic rings. The molecule has 0 aliphatic carbocycles. The van der Waals surface area contributed by atoms with Gasteiger partial charge in [0.05, 0.1) is 26.3 Å². The van der Waals surface area contributed by atoms with Crippen LogP contribution < -0.4 is 14.0 Å². The second kappa shape index (κ2) is 39.5. The van der Waals surface area contributed by atoms with Crippen LogP contribution in [-0.2, 0) is 0 Å². The highest BCUT2D eigenvalue weighted by atomic mass is 35.7. The molecule has 1 heterocycles. The summed E-state index contributed by atoms with van der Waals surface area (Å²) in [6.45, 7) is 6.75. The third kappa shape index (κ3) is 34.2. The van der Waals surface area contributed by atoms with E-state index in [-0.39, 0.29) is 0 Å². The van der Waals surface area contributed by atoms with Gasteiger partial charge < -0.3 is 9.80 Å². The molecule has 0 aromatic heterocycles. The van der Waals surface area contributed by atoms with Crippen molar-refractivity contribution in [3.05, 3.63) is 108 Å². The fourth-order valence-electron chi connectivity index (χ4n) is 8.43. The predicted octanol–water partition coefficient (Wildman–Crippen LogP) is 14.1. The molecule has 0 atom stereocenters. The summed E-state index contributed by atoms with van der Waals surface area (Å²) in [7, 11) is -4.69. The number of unbranched alkanes of at least 4 members (excludes halogenated alkanes) is 30. The number of nitrogens with zero attached hydrogens (tertiary/aromatic N) is 2. The van der Waals surface area contributed by atoms with Gasteiger partial charge in [-0.05, 0) is 36.1 Å². The van der Waals surface area contributed by atoms with E-state index in [0.29, 0.717) is 0 Å². The lowest BCUT2D eigenvalue weighted by Crippen LogP contribution is -2.58. The van der Waals surface area contributed by atoms with E-state index >= 15 is 0 Å². The predicted molar refractivity (Wildman–Crippen MR) is 262 cm³/mol. The Morgan fingerprint density at radius 3 is 0.825 bits per heavy atom. The third-order valence-corrected chi connectivity index (χ3v) is 12.2. The quantitative estimate of drug-likeness (QED) is 0.0675. The van der Waals surface area contributed by atoms with E-state index in [1.807, 2.05) is 0 Å². The molecule has 1 N–H and O–H groups in total. The monoisotopic (exact) mass is 891 g/mol. The van der Waals surface area contributed by atoms with E-state index < -0.39 is 10.2 Å². The molecule has 0 fully saturated rings. The zero-order chi connectivity index (χ0) is 45.3. The van der Waals surface area contributed by atoms with E-state index in [9.17, 15) is 0 Å². The zero-order valence-electron chi connectivity index (χ0n) is 40.2. The van der Waals surface area contributed by atoms with Gasteiger partial charge >= 0.3 is 0 Å². The molecule has 356 valence electrons. The van der Waals surface area contributed by atoms with Gasteiger partial charge in [-0.3, -0.25) is 0 Å². The van der Waals surface area contributed by atoms with Crippen molar-refractivity contribution in [3.63, 3.8) is 0 Å². The Balaban J connectivity index is 0.00000257. The van der Waals surface area contributed by atoms with Crippen molar-refractivity contribution in [2.75, 3.05) is 13.1 Å². The number of benzene rings is 2. The molecule has 0 saturated carbocycles. The molecule has 2 aromatic rings. The van der Waals surface area contributed by atoms with Crippen molar-refractivity contribution in [3.8, 4) is 0 Å². The molecule has 63 heavy (non-hydrogen) atoms. The van der Waals surface area contributed by atoms with Gasteiger partial charge in [0.15, 0.2) is 0 Å². The normalized spacial score (nSPS) is 13.2. The van der Waals surface area contributed by atoms with Gasteiger partial charge in [-0.1, -0.05) is 279 Å². The minimum absolute atomic E-state index is 1.07. The second-order valence-electron chi connectivity index (χ2n) is 18.0. The van der Waals surface area contributed by atoms with Crippen molar-refractivity contribution < 1.29 is 28.9 Å². The first kappa shape index (κ1) is 56.3. The highest BCUT2D eigenvalue weighted by Crippen LogP contribution is 2.25. The summed E-state index contributed by atoms with van der Waals surface area (Å²) in [5.74, 6) is 0. The fraction of sp³-hybridized carbons (Fsp3) is 0.643. The van der Waals surface area contributed by atoms with Crippen LogP contribution in [0.2, 0.25) is 0 Å². The molecule has 0 bridgehead atoms. The summed E-state index contributed by atoms with van der Waals surface area (Å²) in [5.41, 5.74) is 5.12. The maximum absolute atomic E-state index is 8.60. The van der Waals surface area contributed by atoms with Gasteiger partial charge in [-0.15, -0.1) is 0 Å². The lowest BCUT2D eigenvalue weighted by molar-refractivity contribution is -1.92. The fourth-order valence-corrected chi connectivity index (χ4v) is 8.43. The molecule has 0 saturated heterocycles. The molecule has 3 rings (SSSR count). The van der Waals surface area contributed by atoms with Gasteiger partial charge in [-0.25, -0.2) is 0 Å². The minimum Gasteiger partial charge on any atom is -0.345 e. The summed E-state index contributed by atoms with van der Waals surface area (Å²) < 4.78 is 32.7. The lowest BCUT2D eigenvalue weighted by atomic mass is 10.0. The minimum atomic E-state index is -4.69. The van der Waals surface area contributed by atoms with Gasteiger partial charge in [0, 0.05) is 25.5 Å². The first-order valence-corrected chi connectivity index (χ1v) is 27.1. The summed E-state index contributed by atoms with van der Waals surface area (Å²) in [6.07, 6.45) is 59.1. The SMILES string of the molecule is CCCCCCCCCCCCCCCCCCN1C=C(/C=C/c2ccccc2)N(CCCCCCCCCCCCCCCCCC)C=C1/C=C/c1ccccc1.[O-][Cl+3]([O-])([O-])O. The van der Waals surface area contributed by atoms with Gasteiger partial charge in [0.2, 0.25) is 0 Å². The molecule has 0 spiro atoms. The van der Waals surface area contributed by atoms with Crippen LogP contribution in [0, 0.1) is 10.2 Å². The van der Waals surface area contributed by atoms with E-state index in [4.69, 9.17) is 18.6 Å². The van der Waals surface area contributed by atoms with E-state index in [1.54, 1.807) is 0 Å². The second-order valence-corrected chi connectivity index (χ2v) is 18.8. The lowest BCUT2D eigenvalue weighted by Gasteiger charge is -2.33. The average molecular weight is 892 g/mol. The highest BCUT2D eigenvalue weighted by Gasteiger charge is 2.17. The molecule has 0 amide bonds. The molecule has 0 unspecified atom stereocenters. The van der Waals surface area contributed by atoms with Crippen LogP contribution in [0.15, 0.2) is 96.6 Å². The number of hydrogen-bond acceptors (Lipinski definition) is 6. The number of halogens is 1. The van der Waals surface area contributed by atoms with Crippen molar-refractivity contribution in [1.82, 2.24) is 9.80 Å². The van der Waals surface area contributed by atoms with Crippen LogP contribution in [-0.4, -0.2) is 27.5 Å². The van der Waals surface area contributed by atoms with Gasteiger partial charge in [0.1, 0.15) is 0 Å². The van der Waals surface area contributed by atoms with Crippen LogP contribution in [0.1, 0.15) is 230 Å². The summed E-state index contributed by atoms with van der Waals surface area (Å²) >= 11 is 0. The topological polar surface area (TPSA) is 95.9 Å². The van der Waals surface area contributed by atoms with Crippen LogP contribution in [0.25, 0.3) is 12.2 Å². The van der Waals surface area contributed by atoms with Gasteiger partial charge in [-0.2, -0.15) is 14.0 Å². The molecular weight excluding hydrogens is 800 g/mol. The number of allylic oxidation sites excluding steroid dienone is 2. The molecule has 1 aliphatic heterocycles. The molecule has 7 heteroatoms. The Labute approximate surface area is 389 Å². The van der Waals surface area contributed by atoms with Crippen molar-refractivity contribution in [1.29, 1.82) is 0 Å². The van der Waals surface area contributed by atoms with Crippen LogP contribution >= 0.6 is 0 Å². The summed E-state index contributed by atoms with van der Waals surface area (Å²) in [6, 6.07) is 21.6. The Hall–Kier alpha value is -2.87. The van der Waals surface area contributed by atoms with Crippen LogP contribution in [0.4, 0.5) is 0 Å². The first-order valence-electron chi connectivity index (χ1n) is 25.9. The van der Waals surface area contributed by atoms with Crippen molar-refractivity contribution >= 4 is 12.2 Å². The standard InChI is InChI=1S/C56H90N2.ClHO4/c1-3-5-7-9-11-13-15-17-19-21-23-25-27-29-31-39-49-57-51-56(48-46-54-43-37-34-38-44-54)58(52-55(57)47-45-53-41-35-33-36-42-53)50-40-32-30-28-26-24-22-20-18-16-14-12-10-8-6-4-2;2-1(3,4)5/h33-38,41-48,51-52H,3-32,39-40,49-50H2,1-2H3;(H,2,3,4,5)/b47-45+,48-46+;. The Morgan fingerprint density at radius 1 is 0.365 bits per heavy atom. The number of hydrogen-bond donors (Lipinski definition) is 1. The van der Waals surface area contributed by atoms with E-state index in [0.717, 1.165) is 13.1 Å². The van der Waals surface area contributed by atoms with E-state index in [1.165, 1.54) is 228 Å². The van der Waals surface area contributed by atoms with Gasteiger partial charge in [0.25, 0.3) is 0 Å². The Morgan fingerprint density at radius 2 is 0.587 bits per heavy atom. The smallest absolute Gasteiger partial charge is 0.0777 e. The third-order valence-electron chi connectivity index (χ3n) is 12.2. The van der Waals surface area contributed by atoms with Crippen LogP contribution in [0.3, 0.4) is 0 Å².